The molecule has 0 aliphatic rings. The molecule has 0 amide bonds. The zero-order valence-electron chi connectivity index (χ0n) is 18.6. The predicted molar refractivity (Wildman–Crippen MR) is 129 cm³/mol. The first kappa shape index (κ1) is 23.9. The van der Waals surface area contributed by atoms with E-state index in [9.17, 15) is 13.2 Å². The largest absolute Gasteiger partial charge is 0.495 e. The molecular weight excluding hydrogens is 452 g/mol. The van der Waals surface area contributed by atoms with Gasteiger partial charge in [0.15, 0.2) is 0 Å². The summed E-state index contributed by atoms with van der Waals surface area (Å²) >= 11 is 6.23. The predicted octanol–water partition coefficient (Wildman–Crippen LogP) is 4.18. The molecule has 172 valence electrons. The summed E-state index contributed by atoms with van der Waals surface area (Å²) in [6.45, 7) is 6.09. The minimum Gasteiger partial charge on any atom is -0.495 e. The van der Waals surface area contributed by atoms with Crippen molar-refractivity contribution in [2.24, 2.45) is 5.92 Å². The van der Waals surface area contributed by atoms with E-state index < -0.39 is 16.1 Å². The van der Waals surface area contributed by atoms with Crippen LogP contribution in [-0.2, 0) is 10.0 Å². The van der Waals surface area contributed by atoms with Crippen LogP contribution in [0.3, 0.4) is 0 Å². The second-order valence-electron chi connectivity index (χ2n) is 8.08. The number of ether oxygens (including phenoxy) is 1. The lowest BCUT2D eigenvalue weighted by molar-refractivity contribution is 0.415. The van der Waals surface area contributed by atoms with E-state index >= 15 is 0 Å². The Kier molecular flexibility index (Phi) is 7.00. The van der Waals surface area contributed by atoms with Gasteiger partial charge in [0.05, 0.1) is 35.6 Å². The molecule has 2 heterocycles. The van der Waals surface area contributed by atoms with Crippen molar-refractivity contribution in [1.29, 1.82) is 0 Å². The van der Waals surface area contributed by atoms with Gasteiger partial charge in [-0.2, -0.15) is 0 Å². The van der Waals surface area contributed by atoms with E-state index in [1.54, 1.807) is 36.5 Å². The van der Waals surface area contributed by atoms with Crippen LogP contribution in [0.4, 0.5) is 11.5 Å². The van der Waals surface area contributed by atoms with Crippen LogP contribution in [0.2, 0.25) is 5.02 Å². The molecule has 1 atom stereocenters. The highest BCUT2D eigenvalue weighted by Gasteiger charge is 2.20. The Morgan fingerprint density at radius 1 is 1.22 bits per heavy atom. The summed E-state index contributed by atoms with van der Waals surface area (Å²) in [5.41, 5.74) is 1.37. The maximum absolute atomic E-state index is 12.7. The Morgan fingerprint density at radius 3 is 2.56 bits per heavy atom. The standard InChI is InChI=1S/C22H27ClN4O4S/c1-13(2)12-27(32(5,29)30)16-6-7-24-21(10-16)25-14(3)17-8-15-9-18(23)20(31-4)11-19(15)26-22(17)28/h6-11,13-14H,12H2,1-5H3,(H,24,25)(H,26,28)/t14-/m0/s1. The summed E-state index contributed by atoms with van der Waals surface area (Å²) in [6, 6.07) is 8.09. The second kappa shape index (κ2) is 9.38. The number of hydrogen-bond donors (Lipinski definition) is 2. The number of fused-ring (bicyclic) bond motifs is 1. The van der Waals surface area contributed by atoms with E-state index in [1.807, 2.05) is 20.8 Å². The quantitative estimate of drug-likeness (QED) is 0.503. The van der Waals surface area contributed by atoms with Crippen LogP contribution in [-0.4, -0.2) is 38.3 Å². The fraction of sp³-hybridized carbons (Fsp3) is 0.364. The summed E-state index contributed by atoms with van der Waals surface area (Å²) < 4.78 is 31.1. The lowest BCUT2D eigenvalue weighted by Crippen LogP contribution is -2.33. The van der Waals surface area contributed by atoms with E-state index in [2.05, 4.69) is 15.3 Å². The Bertz CT molecular complexity index is 1290. The van der Waals surface area contributed by atoms with Gasteiger partial charge in [0.1, 0.15) is 11.6 Å². The Balaban J connectivity index is 1.93. The number of hydrogen-bond acceptors (Lipinski definition) is 6. The normalized spacial score (nSPS) is 12.7. The maximum atomic E-state index is 12.7. The lowest BCUT2D eigenvalue weighted by Gasteiger charge is -2.25. The van der Waals surface area contributed by atoms with Crippen molar-refractivity contribution in [2.45, 2.75) is 26.8 Å². The van der Waals surface area contributed by atoms with Crippen molar-refractivity contribution in [2.75, 3.05) is 29.5 Å². The van der Waals surface area contributed by atoms with Crippen LogP contribution in [0.5, 0.6) is 5.75 Å². The minimum absolute atomic E-state index is 0.148. The Morgan fingerprint density at radius 2 is 1.94 bits per heavy atom. The van der Waals surface area contributed by atoms with Crippen molar-refractivity contribution in [3.05, 3.63) is 57.5 Å². The Labute approximate surface area is 192 Å². The van der Waals surface area contributed by atoms with Gasteiger partial charge in [-0.05, 0) is 31.0 Å². The molecule has 8 nitrogen and oxygen atoms in total. The number of aromatic nitrogens is 2. The maximum Gasteiger partial charge on any atom is 0.253 e. The summed E-state index contributed by atoms with van der Waals surface area (Å²) in [7, 11) is -1.94. The fourth-order valence-corrected chi connectivity index (χ4v) is 4.73. The van der Waals surface area contributed by atoms with Crippen LogP contribution in [0, 0.1) is 5.92 Å². The molecule has 2 aromatic heterocycles. The van der Waals surface area contributed by atoms with Crippen LogP contribution >= 0.6 is 11.6 Å². The first-order valence-electron chi connectivity index (χ1n) is 10.1. The molecule has 0 aliphatic carbocycles. The van der Waals surface area contributed by atoms with E-state index in [0.29, 0.717) is 39.9 Å². The third-order valence-corrected chi connectivity index (χ3v) is 6.39. The molecule has 10 heteroatoms. The minimum atomic E-state index is -3.45. The summed E-state index contributed by atoms with van der Waals surface area (Å²) in [4.78, 5) is 19.9. The van der Waals surface area contributed by atoms with Crippen LogP contribution in [0.1, 0.15) is 32.4 Å². The van der Waals surface area contributed by atoms with E-state index in [4.69, 9.17) is 16.3 Å². The van der Waals surface area contributed by atoms with Gasteiger partial charge in [-0.25, -0.2) is 13.4 Å². The first-order chi connectivity index (χ1) is 15.0. The number of benzene rings is 1. The average molecular weight is 479 g/mol. The zero-order valence-corrected chi connectivity index (χ0v) is 20.2. The van der Waals surface area contributed by atoms with E-state index in [1.165, 1.54) is 17.7 Å². The molecule has 0 fully saturated rings. The van der Waals surface area contributed by atoms with Crippen LogP contribution < -0.4 is 19.9 Å². The van der Waals surface area contributed by atoms with Gasteiger partial charge < -0.3 is 15.0 Å². The van der Waals surface area contributed by atoms with Crippen molar-refractivity contribution in [3.8, 4) is 5.75 Å². The van der Waals surface area contributed by atoms with Gasteiger partial charge in [-0.1, -0.05) is 25.4 Å². The highest BCUT2D eigenvalue weighted by atomic mass is 35.5. The average Bonchev–Trinajstić information content (AvgIpc) is 2.70. The zero-order chi connectivity index (χ0) is 23.6. The summed E-state index contributed by atoms with van der Waals surface area (Å²) in [5.74, 6) is 1.08. The molecule has 3 rings (SSSR count). The molecular formula is C22H27ClN4O4S. The Hall–Kier alpha value is -2.78. The van der Waals surface area contributed by atoms with Crippen molar-refractivity contribution in [3.63, 3.8) is 0 Å². The molecule has 0 bridgehead atoms. The highest BCUT2D eigenvalue weighted by molar-refractivity contribution is 7.92. The number of H-pyrrole nitrogens is 1. The van der Waals surface area contributed by atoms with Gasteiger partial charge in [-0.15, -0.1) is 0 Å². The molecule has 32 heavy (non-hydrogen) atoms. The smallest absolute Gasteiger partial charge is 0.253 e. The highest BCUT2D eigenvalue weighted by Crippen LogP contribution is 2.30. The van der Waals surface area contributed by atoms with Crippen molar-refractivity contribution in [1.82, 2.24) is 9.97 Å². The number of anilines is 2. The molecule has 3 aromatic rings. The number of methoxy groups -OCH3 is 1. The summed E-state index contributed by atoms with van der Waals surface area (Å²) in [6.07, 6.45) is 2.72. The van der Waals surface area contributed by atoms with Gasteiger partial charge in [0.25, 0.3) is 5.56 Å². The number of nitrogens with one attached hydrogen (secondary N) is 2. The molecule has 0 radical (unpaired) electrons. The molecule has 1 aromatic carbocycles. The van der Waals surface area contributed by atoms with E-state index in [0.717, 1.165) is 5.39 Å². The molecule has 0 aliphatic heterocycles. The first-order valence-corrected chi connectivity index (χ1v) is 12.3. The van der Waals surface area contributed by atoms with Crippen LogP contribution in [0.15, 0.2) is 41.3 Å². The van der Waals surface area contributed by atoms with Gasteiger partial charge in [0, 0.05) is 35.8 Å². The SMILES string of the molecule is COc1cc2[nH]c(=O)c([C@H](C)Nc3cc(N(CC(C)C)S(C)(=O)=O)ccn3)cc2cc1Cl. The fourth-order valence-electron chi connectivity index (χ4n) is 3.42. The van der Waals surface area contributed by atoms with Crippen molar-refractivity contribution >= 4 is 44.0 Å². The van der Waals surface area contributed by atoms with Gasteiger partial charge in [-0.3, -0.25) is 9.10 Å². The number of rotatable bonds is 8. The lowest BCUT2D eigenvalue weighted by atomic mass is 10.1. The number of pyridine rings is 2. The monoisotopic (exact) mass is 478 g/mol. The molecule has 0 unspecified atom stereocenters. The molecule has 0 spiro atoms. The molecule has 2 N–H and O–H groups in total. The third-order valence-electron chi connectivity index (χ3n) is 4.94. The van der Waals surface area contributed by atoms with Gasteiger partial charge in [0.2, 0.25) is 10.0 Å². The second-order valence-corrected chi connectivity index (χ2v) is 10.4. The molecule has 0 saturated heterocycles. The topological polar surface area (TPSA) is 104 Å². The van der Waals surface area contributed by atoms with E-state index in [-0.39, 0.29) is 11.5 Å². The van der Waals surface area contributed by atoms with Gasteiger partial charge >= 0.3 is 0 Å². The number of sulfonamides is 1. The molecule has 0 saturated carbocycles. The number of halogens is 1. The summed E-state index contributed by atoms with van der Waals surface area (Å²) in [5, 5.41) is 4.40. The number of nitrogens with zero attached hydrogens (tertiary/aromatic N) is 2. The van der Waals surface area contributed by atoms with Crippen LogP contribution in [0.25, 0.3) is 10.9 Å². The third kappa shape index (κ3) is 5.34. The van der Waals surface area contributed by atoms with Crippen molar-refractivity contribution < 1.29 is 13.2 Å². The number of aromatic amines is 1.